The fourth-order valence-electron chi connectivity index (χ4n) is 1.90. The van der Waals surface area contributed by atoms with Crippen molar-refractivity contribution in [3.8, 4) is 5.75 Å². The highest BCUT2D eigenvalue weighted by Gasteiger charge is 2.15. The zero-order valence-corrected chi connectivity index (χ0v) is 12.7. The predicted octanol–water partition coefficient (Wildman–Crippen LogP) is 3.66. The molecule has 2 rings (SSSR count). The van der Waals surface area contributed by atoms with E-state index in [4.69, 9.17) is 22.2 Å². The molecule has 1 unspecified atom stereocenters. The van der Waals surface area contributed by atoms with Crippen molar-refractivity contribution >= 4 is 27.5 Å². The minimum Gasteiger partial charge on any atom is -0.497 e. The molecular weight excluding hydrogens is 328 g/mol. The Balaban J connectivity index is 2.37. The lowest BCUT2D eigenvalue weighted by Crippen LogP contribution is -2.29. The first kappa shape index (κ1) is 14.3. The molecule has 0 aliphatic carbocycles. The van der Waals surface area contributed by atoms with Crippen molar-refractivity contribution < 1.29 is 4.74 Å². The van der Waals surface area contributed by atoms with Crippen molar-refractivity contribution in [1.82, 2.24) is 5.43 Å². The second kappa shape index (κ2) is 6.39. The van der Waals surface area contributed by atoms with Crippen LogP contribution in [0, 0.1) is 0 Å². The molecule has 0 saturated heterocycles. The third-order valence-electron chi connectivity index (χ3n) is 2.89. The van der Waals surface area contributed by atoms with Gasteiger partial charge in [-0.05, 0) is 35.4 Å². The number of hydrazine groups is 1. The summed E-state index contributed by atoms with van der Waals surface area (Å²) >= 11 is 9.46. The molecule has 19 heavy (non-hydrogen) atoms. The van der Waals surface area contributed by atoms with E-state index >= 15 is 0 Å². The van der Waals surface area contributed by atoms with Crippen molar-refractivity contribution in [2.75, 3.05) is 7.11 Å². The molecule has 3 nitrogen and oxygen atoms in total. The summed E-state index contributed by atoms with van der Waals surface area (Å²) in [6.45, 7) is 0. The first-order chi connectivity index (χ1) is 9.15. The van der Waals surface area contributed by atoms with Gasteiger partial charge >= 0.3 is 0 Å². The predicted molar refractivity (Wildman–Crippen MR) is 81.3 cm³/mol. The normalized spacial score (nSPS) is 12.2. The van der Waals surface area contributed by atoms with E-state index < -0.39 is 0 Å². The summed E-state index contributed by atoms with van der Waals surface area (Å²) in [6, 6.07) is 13.3. The van der Waals surface area contributed by atoms with Gasteiger partial charge in [0.15, 0.2) is 0 Å². The van der Waals surface area contributed by atoms with Gasteiger partial charge in [0.2, 0.25) is 0 Å². The minimum absolute atomic E-state index is 0.113. The zero-order chi connectivity index (χ0) is 13.8. The largest absolute Gasteiger partial charge is 0.497 e. The quantitative estimate of drug-likeness (QED) is 0.659. The van der Waals surface area contributed by atoms with Crippen LogP contribution in [0.1, 0.15) is 17.2 Å². The maximum atomic E-state index is 5.95. The SMILES string of the molecule is COc1ccc(C(NN)c2ccc(Cl)cc2Br)cc1. The number of nitrogens with two attached hydrogens (primary N) is 1. The Morgan fingerprint density at radius 3 is 2.42 bits per heavy atom. The van der Waals surface area contributed by atoms with Gasteiger partial charge in [-0.25, -0.2) is 5.43 Å². The van der Waals surface area contributed by atoms with Crippen LogP contribution in [0.2, 0.25) is 5.02 Å². The van der Waals surface area contributed by atoms with Crippen LogP contribution in [-0.2, 0) is 0 Å². The summed E-state index contributed by atoms with van der Waals surface area (Å²) in [7, 11) is 1.64. The third-order valence-corrected chi connectivity index (χ3v) is 3.81. The minimum atomic E-state index is -0.113. The number of nitrogens with one attached hydrogen (secondary N) is 1. The van der Waals surface area contributed by atoms with Gasteiger partial charge in [-0.15, -0.1) is 0 Å². The van der Waals surface area contributed by atoms with E-state index in [1.54, 1.807) is 7.11 Å². The Kier molecular flexibility index (Phi) is 4.82. The monoisotopic (exact) mass is 340 g/mol. The fourth-order valence-corrected chi connectivity index (χ4v) is 2.81. The number of benzene rings is 2. The summed E-state index contributed by atoms with van der Waals surface area (Å²) in [5, 5.41) is 0.682. The average Bonchev–Trinajstić information content (AvgIpc) is 2.42. The van der Waals surface area contributed by atoms with Crippen LogP contribution in [0.25, 0.3) is 0 Å². The van der Waals surface area contributed by atoms with Crippen molar-refractivity contribution in [2.45, 2.75) is 6.04 Å². The number of rotatable bonds is 4. The maximum Gasteiger partial charge on any atom is 0.118 e. The lowest BCUT2D eigenvalue weighted by atomic mass is 9.99. The molecule has 0 fully saturated rings. The van der Waals surface area contributed by atoms with Crippen LogP contribution in [0.5, 0.6) is 5.75 Å². The molecule has 0 amide bonds. The molecule has 0 saturated carbocycles. The molecule has 0 aliphatic heterocycles. The molecule has 5 heteroatoms. The van der Waals surface area contributed by atoms with E-state index in [2.05, 4.69) is 21.4 Å². The zero-order valence-electron chi connectivity index (χ0n) is 10.4. The number of methoxy groups -OCH3 is 1. The maximum absolute atomic E-state index is 5.95. The van der Waals surface area contributed by atoms with Crippen molar-refractivity contribution in [3.05, 3.63) is 63.1 Å². The van der Waals surface area contributed by atoms with Crippen molar-refractivity contribution in [1.29, 1.82) is 0 Å². The topological polar surface area (TPSA) is 47.3 Å². The van der Waals surface area contributed by atoms with Crippen LogP contribution in [0.15, 0.2) is 46.9 Å². The van der Waals surface area contributed by atoms with Crippen molar-refractivity contribution in [3.63, 3.8) is 0 Å². The van der Waals surface area contributed by atoms with Gasteiger partial charge in [0, 0.05) is 9.50 Å². The van der Waals surface area contributed by atoms with E-state index in [1.165, 1.54) is 0 Å². The molecule has 0 bridgehead atoms. The van der Waals surface area contributed by atoms with Gasteiger partial charge in [0.05, 0.1) is 13.2 Å². The van der Waals surface area contributed by atoms with Gasteiger partial charge in [-0.1, -0.05) is 45.7 Å². The van der Waals surface area contributed by atoms with E-state index in [-0.39, 0.29) is 6.04 Å². The lowest BCUT2D eigenvalue weighted by Gasteiger charge is -2.19. The molecule has 1 atom stereocenters. The second-order valence-electron chi connectivity index (χ2n) is 4.04. The molecule has 100 valence electrons. The van der Waals surface area contributed by atoms with Gasteiger partial charge in [0.1, 0.15) is 5.75 Å². The highest BCUT2D eigenvalue weighted by atomic mass is 79.9. The van der Waals surface area contributed by atoms with Crippen LogP contribution in [0.4, 0.5) is 0 Å². The summed E-state index contributed by atoms with van der Waals surface area (Å²) in [4.78, 5) is 0. The average molecular weight is 342 g/mol. The Morgan fingerprint density at radius 2 is 1.89 bits per heavy atom. The van der Waals surface area contributed by atoms with E-state index in [0.29, 0.717) is 5.02 Å². The molecule has 2 aromatic rings. The van der Waals surface area contributed by atoms with Crippen molar-refractivity contribution in [2.24, 2.45) is 5.84 Å². The standard InChI is InChI=1S/C14H14BrClN2O/c1-19-11-5-2-9(3-6-11)14(18-17)12-7-4-10(16)8-13(12)15/h2-8,14,18H,17H2,1H3. The summed E-state index contributed by atoms with van der Waals surface area (Å²) in [6.07, 6.45) is 0. The van der Waals surface area contributed by atoms with E-state index in [1.807, 2.05) is 42.5 Å². The molecule has 0 aliphatic rings. The molecule has 0 heterocycles. The Hall–Kier alpha value is -1.07. The second-order valence-corrected chi connectivity index (χ2v) is 5.33. The third kappa shape index (κ3) is 3.28. The molecular formula is C14H14BrClN2O. The Bertz CT molecular complexity index is 560. The van der Waals surface area contributed by atoms with Crippen LogP contribution in [-0.4, -0.2) is 7.11 Å². The summed E-state index contributed by atoms with van der Waals surface area (Å²) in [5.41, 5.74) is 4.89. The Morgan fingerprint density at radius 1 is 1.21 bits per heavy atom. The lowest BCUT2D eigenvalue weighted by molar-refractivity contribution is 0.414. The highest BCUT2D eigenvalue weighted by molar-refractivity contribution is 9.10. The summed E-state index contributed by atoms with van der Waals surface area (Å²) < 4.78 is 6.06. The molecule has 3 N–H and O–H groups in total. The molecule has 0 spiro atoms. The number of halogens is 2. The van der Waals surface area contributed by atoms with Crippen LogP contribution < -0.4 is 16.0 Å². The molecule has 2 aromatic carbocycles. The first-order valence-electron chi connectivity index (χ1n) is 5.70. The van der Waals surface area contributed by atoms with E-state index in [0.717, 1.165) is 21.3 Å². The van der Waals surface area contributed by atoms with Gasteiger partial charge in [-0.2, -0.15) is 0 Å². The Labute approximate surface area is 125 Å². The number of hydrogen-bond acceptors (Lipinski definition) is 3. The molecule has 0 aromatic heterocycles. The number of hydrogen-bond donors (Lipinski definition) is 2. The summed E-state index contributed by atoms with van der Waals surface area (Å²) in [5.74, 6) is 6.49. The van der Waals surface area contributed by atoms with Crippen LogP contribution in [0.3, 0.4) is 0 Å². The van der Waals surface area contributed by atoms with E-state index in [9.17, 15) is 0 Å². The first-order valence-corrected chi connectivity index (χ1v) is 6.88. The van der Waals surface area contributed by atoms with Gasteiger partial charge in [0.25, 0.3) is 0 Å². The van der Waals surface area contributed by atoms with Gasteiger partial charge in [-0.3, -0.25) is 5.84 Å². The number of ether oxygens (including phenoxy) is 1. The van der Waals surface area contributed by atoms with Gasteiger partial charge < -0.3 is 4.74 Å². The fraction of sp³-hybridized carbons (Fsp3) is 0.143. The smallest absolute Gasteiger partial charge is 0.118 e. The molecule has 0 radical (unpaired) electrons. The highest BCUT2D eigenvalue weighted by Crippen LogP contribution is 2.30. The van der Waals surface area contributed by atoms with Crippen LogP contribution >= 0.6 is 27.5 Å².